The first kappa shape index (κ1) is 13.8. The van der Waals surface area contributed by atoms with Gasteiger partial charge in [0.05, 0.1) is 18.0 Å². The van der Waals surface area contributed by atoms with Gasteiger partial charge in [-0.2, -0.15) is 0 Å². The molecule has 0 fully saturated rings. The molecule has 0 spiro atoms. The lowest BCUT2D eigenvalue weighted by Gasteiger charge is -2.24. The number of rotatable bonds is 5. The Morgan fingerprint density at radius 3 is 2.86 bits per heavy atom. The molecule has 0 saturated heterocycles. The molecule has 110 valence electrons. The number of likely N-dealkylation sites (N-methyl/N-ethyl adjacent to an activating group) is 1. The van der Waals surface area contributed by atoms with E-state index in [-0.39, 0.29) is 0 Å². The Labute approximate surface area is 126 Å². The fourth-order valence-corrected chi connectivity index (χ4v) is 2.88. The van der Waals surface area contributed by atoms with Crippen LogP contribution in [0, 0.1) is 0 Å². The van der Waals surface area contributed by atoms with Crippen molar-refractivity contribution in [2.45, 2.75) is 19.8 Å². The van der Waals surface area contributed by atoms with Gasteiger partial charge in [-0.05, 0) is 42.7 Å². The number of nitrogens with zero attached hydrogens (tertiary/aromatic N) is 1. The molecule has 0 aliphatic carbocycles. The number of ether oxygens (including phenoxy) is 1. The van der Waals surface area contributed by atoms with Crippen molar-refractivity contribution in [3.8, 4) is 5.75 Å². The summed E-state index contributed by atoms with van der Waals surface area (Å²) in [6.07, 6.45) is 2.06. The third-order valence-electron chi connectivity index (χ3n) is 4.08. The van der Waals surface area contributed by atoms with Gasteiger partial charge < -0.3 is 15.4 Å². The lowest BCUT2D eigenvalue weighted by atomic mass is 10.1. The van der Waals surface area contributed by atoms with Crippen LogP contribution in [0.15, 0.2) is 42.5 Å². The Morgan fingerprint density at radius 2 is 2.05 bits per heavy atom. The second kappa shape index (κ2) is 6.08. The van der Waals surface area contributed by atoms with Crippen molar-refractivity contribution in [1.82, 2.24) is 0 Å². The maximum absolute atomic E-state index is 6.08. The highest BCUT2D eigenvalue weighted by Gasteiger charge is 2.13. The summed E-state index contributed by atoms with van der Waals surface area (Å²) in [5.41, 5.74) is 10.8. The summed E-state index contributed by atoms with van der Waals surface area (Å²) in [7, 11) is 0. The topological polar surface area (TPSA) is 38.5 Å². The first-order chi connectivity index (χ1) is 10.3. The zero-order chi connectivity index (χ0) is 14.7. The van der Waals surface area contributed by atoms with E-state index in [0.717, 1.165) is 49.7 Å². The van der Waals surface area contributed by atoms with Crippen LogP contribution in [0.3, 0.4) is 0 Å². The molecule has 0 radical (unpaired) electrons. The Morgan fingerprint density at radius 1 is 1.19 bits per heavy atom. The predicted molar refractivity (Wildman–Crippen MR) is 88.1 cm³/mol. The summed E-state index contributed by atoms with van der Waals surface area (Å²) in [5.74, 6) is 1.05. The van der Waals surface area contributed by atoms with E-state index in [2.05, 4.69) is 36.1 Å². The minimum atomic E-state index is 0.820. The minimum absolute atomic E-state index is 0.820. The second-order valence-corrected chi connectivity index (χ2v) is 5.43. The fraction of sp³-hybridized carbons (Fsp3) is 0.333. The van der Waals surface area contributed by atoms with Crippen molar-refractivity contribution in [2.75, 3.05) is 30.3 Å². The Hall–Kier alpha value is -2.16. The van der Waals surface area contributed by atoms with Crippen LogP contribution < -0.4 is 15.4 Å². The largest absolute Gasteiger partial charge is 0.493 e. The molecule has 1 heterocycles. The van der Waals surface area contributed by atoms with Crippen LogP contribution in [-0.4, -0.2) is 19.7 Å². The normalized spacial score (nSPS) is 12.8. The molecule has 2 aromatic carbocycles. The first-order valence-electron chi connectivity index (χ1n) is 7.62. The van der Waals surface area contributed by atoms with E-state index in [0.29, 0.717) is 0 Å². The molecule has 3 heteroatoms. The van der Waals surface area contributed by atoms with Gasteiger partial charge in [0.25, 0.3) is 0 Å². The second-order valence-electron chi connectivity index (χ2n) is 5.43. The van der Waals surface area contributed by atoms with Crippen LogP contribution in [0.1, 0.15) is 18.1 Å². The third-order valence-corrected chi connectivity index (χ3v) is 4.08. The highest BCUT2D eigenvalue weighted by Crippen LogP contribution is 2.27. The van der Waals surface area contributed by atoms with Crippen molar-refractivity contribution in [3.63, 3.8) is 0 Å². The summed E-state index contributed by atoms with van der Waals surface area (Å²) in [6.45, 7) is 4.93. The predicted octanol–water partition coefficient (Wildman–Crippen LogP) is 3.27. The van der Waals surface area contributed by atoms with E-state index in [1.807, 2.05) is 18.2 Å². The SMILES string of the molecule is CCN(CCc1ccc2c(c1)CCO2)c1ccccc1N. The number of fused-ring (bicyclic) bond motifs is 1. The first-order valence-corrected chi connectivity index (χ1v) is 7.62. The standard InChI is InChI=1S/C18H22N2O/c1-2-20(17-6-4-3-5-16(17)19)11-9-14-7-8-18-15(13-14)10-12-21-18/h3-8,13H,2,9-12,19H2,1H3. The quantitative estimate of drug-likeness (QED) is 0.855. The van der Waals surface area contributed by atoms with Crippen LogP contribution in [0.25, 0.3) is 0 Å². The maximum atomic E-state index is 6.08. The van der Waals surface area contributed by atoms with Gasteiger partial charge >= 0.3 is 0 Å². The molecule has 0 atom stereocenters. The summed E-state index contributed by atoms with van der Waals surface area (Å²) >= 11 is 0. The van der Waals surface area contributed by atoms with Gasteiger partial charge in [-0.15, -0.1) is 0 Å². The molecule has 1 aliphatic rings. The lowest BCUT2D eigenvalue weighted by Crippen LogP contribution is -2.26. The van der Waals surface area contributed by atoms with Gasteiger partial charge in [0.15, 0.2) is 0 Å². The smallest absolute Gasteiger partial charge is 0.122 e. The maximum Gasteiger partial charge on any atom is 0.122 e. The van der Waals surface area contributed by atoms with Crippen molar-refractivity contribution in [2.24, 2.45) is 0 Å². The van der Waals surface area contributed by atoms with E-state index >= 15 is 0 Å². The highest BCUT2D eigenvalue weighted by molar-refractivity contribution is 5.67. The van der Waals surface area contributed by atoms with Crippen LogP contribution in [0.4, 0.5) is 11.4 Å². The van der Waals surface area contributed by atoms with Gasteiger partial charge in [-0.3, -0.25) is 0 Å². The highest BCUT2D eigenvalue weighted by atomic mass is 16.5. The van der Waals surface area contributed by atoms with Gasteiger partial charge in [0, 0.05) is 19.5 Å². The van der Waals surface area contributed by atoms with E-state index in [1.54, 1.807) is 0 Å². The van der Waals surface area contributed by atoms with Gasteiger partial charge in [-0.25, -0.2) is 0 Å². The van der Waals surface area contributed by atoms with E-state index in [1.165, 1.54) is 11.1 Å². The summed E-state index contributed by atoms with van der Waals surface area (Å²) in [5, 5.41) is 0. The molecule has 3 rings (SSSR count). The fourth-order valence-electron chi connectivity index (χ4n) is 2.88. The molecule has 2 aromatic rings. The number of anilines is 2. The van der Waals surface area contributed by atoms with Crippen molar-refractivity contribution >= 4 is 11.4 Å². The molecule has 0 aromatic heterocycles. The van der Waals surface area contributed by atoms with Crippen LogP contribution in [0.5, 0.6) is 5.75 Å². The van der Waals surface area contributed by atoms with Crippen LogP contribution >= 0.6 is 0 Å². The van der Waals surface area contributed by atoms with Gasteiger partial charge in [0.1, 0.15) is 5.75 Å². The molecule has 0 amide bonds. The van der Waals surface area contributed by atoms with Crippen molar-refractivity contribution in [3.05, 3.63) is 53.6 Å². The minimum Gasteiger partial charge on any atom is -0.493 e. The Balaban J connectivity index is 1.70. The lowest BCUT2D eigenvalue weighted by molar-refractivity contribution is 0.357. The average molecular weight is 282 g/mol. The molecule has 0 saturated carbocycles. The Bertz CT molecular complexity index is 624. The molecular formula is C18H22N2O. The molecule has 0 unspecified atom stereocenters. The number of hydrogen-bond donors (Lipinski definition) is 1. The van der Waals surface area contributed by atoms with Gasteiger partial charge in [0.2, 0.25) is 0 Å². The number of nitrogen functional groups attached to an aromatic ring is 1. The van der Waals surface area contributed by atoms with E-state index in [9.17, 15) is 0 Å². The number of nitrogens with two attached hydrogens (primary N) is 1. The zero-order valence-corrected chi connectivity index (χ0v) is 12.5. The molecule has 1 aliphatic heterocycles. The molecule has 2 N–H and O–H groups in total. The summed E-state index contributed by atoms with van der Waals surface area (Å²) in [4.78, 5) is 2.33. The number of benzene rings is 2. The Kier molecular flexibility index (Phi) is 4.00. The summed E-state index contributed by atoms with van der Waals surface area (Å²) < 4.78 is 5.56. The summed E-state index contributed by atoms with van der Waals surface area (Å²) in [6, 6.07) is 14.6. The number of hydrogen-bond acceptors (Lipinski definition) is 3. The zero-order valence-electron chi connectivity index (χ0n) is 12.5. The number of para-hydroxylation sites is 2. The van der Waals surface area contributed by atoms with E-state index < -0.39 is 0 Å². The molecule has 21 heavy (non-hydrogen) atoms. The van der Waals surface area contributed by atoms with Crippen molar-refractivity contribution < 1.29 is 4.74 Å². The molecule has 3 nitrogen and oxygen atoms in total. The van der Waals surface area contributed by atoms with Crippen LogP contribution in [-0.2, 0) is 12.8 Å². The van der Waals surface area contributed by atoms with Crippen LogP contribution in [0.2, 0.25) is 0 Å². The van der Waals surface area contributed by atoms with E-state index in [4.69, 9.17) is 10.5 Å². The van der Waals surface area contributed by atoms with Gasteiger partial charge in [-0.1, -0.05) is 24.3 Å². The molecule has 0 bridgehead atoms. The third kappa shape index (κ3) is 2.97. The van der Waals surface area contributed by atoms with Crippen molar-refractivity contribution in [1.29, 1.82) is 0 Å². The monoisotopic (exact) mass is 282 g/mol. The molecular weight excluding hydrogens is 260 g/mol. The average Bonchev–Trinajstić information content (AvgIpc) is 2.97.